The summed E-state index contributed by atoms with van der Waals surface area (Å²) >= 11 is 0. The smallest absolute Gasteiger partial charge is 0.243 e. The molecule has 7 heteroatoms. The van der Waals surface area contributed by atoms with Gasteiger partial charge in [0.25, 0.3) is 0 Å². The van der Waals surface area contributed by atoms with Gasteiger partial charge in [-0.15, -0.1) is 12.4 Å². The number of nitriles is 1. The fourth-order valence-corrected chi connectivity index (χ4v) is 2.93. The van der Waals surface area contributed by atoms with Crippen molar-refractivity contribution in [2.45, 2.75) is 24.8 Å². The molecule has 19 heavy (non-hydrogen) atoms. The van der Waals surface area contributed by atoms with E-state index in [1.54, 1.807) is 13.8 Å². The Morgan fingerprint density at radius 1 is 1.47 bits per heavy atom. The van der Waals surface area contributed by atoms with Crippen molar-refractivity contribution in [3.8, 4) is 6.07 Å². The molecule has 0 aliphatic heterocycles. The van der Waals surface area contributed by atoms with Crippen LogP contribution in [0.2, 0.25) is 0 Å². The number of hydrogen-bond acceptors (Lipinski definition) is 4. The van der Waals surface area contributed by atoms with E-state index in [0.717, 1.165) is 0 Å². The van der Waals surface area contributed by atoms with Crippen LogP contribution < -0.4 is 5.73 Å². The summed E-state index contributed by atoms with van der Waals surface area (Å²) in [6, 6.07) is 6.21. The maximum atomic E-state index is 12.3. The van der Waals surface area contributed by atoms with Crippen LogP contribution in [0, 0.1) is 18.3 Å². The Morgan fingerprint density at radius 2 is 2.05 bits per heavy atom. The minimum absolute atomic E-state index is 0. The lowest BCUT2D eigenvalue weighted by Gasteiger charge is -2.23. The Labute approximate surface area is 120 Å². The number of rotatable bonds is 4. The molecule has 2 N–H and O–H groups in total. The van der Waals surface area contributed by atoms with Gasteiger partial charge in [0.2, 0.25) is 10.0 Å². The molecular formula is C12H18ClN3O2S. The molecule has 0 radical (unpaired) electrons. The van der Waals surface area contributed by atoms with Crippen molar-refractivity contribution in [3.63, 3.8) is 0 Å². The molecule has 106 valence electrons. The van der Waals surface area contributed by atoms with E-state index in [1.807, 2.05) is 6.07 Å². The maximum Gasteiger partial charge on any atom is 0.243 e. The van der Waals surface area contributed by atoms with E-state index in [4.69, 9.17) is 11.0 Å². The SMILES string of the molecule is Cc1cc(S(=O)(=O)N(C)C(C)CN)ccc1C#N.Cl. The second kappa shape index (κ2) is 6.87. The summed E-state index contributed by atoms with van der Waals surface area (Å²) < 4.78 is 25.8. The zero-order chi connectivity index (χ0) is 13.9. The Morgan fingerprint density at radius 3 is 2.47 bits per heavy atom. The van der Waals surface area contributed by atoms with Gasteiger partial charge in [-0.05, 0) is 37.6 Å². The van der Waals surface area contributed by atoms with Crippen molar-refractivity contribution in [1.82, 2.24) is 4.31 Å². The van der Waals surface area contributed by atoms with Crippen molar-refractivity contribution in [3.05, 3.63) is 29.3 Å². The van der Waals surface area contributed by atoms with Crippen LogP contribution in [0.5, 0.6) is 0 Å². The minimum atomic E-state index is -3.55. The lowest BCUT2D eigenvalue weighted by molar-refractivity contribution is 0.394. The summed E-state index contributed by atoms with van der Waals surface area (Å²) in [6.07, 6.45) is 0. The monoisotopic (exact) mass is 303 g/mol. The average Bonchev–Trinajstić information content (AvgIpc) is 2.36. The quantitative estimate of drug-likeness (QED) is 0.907. The van der Waals surface area contributed by atoms with Crippen molar-refractivity contribution < 1.29 is 8.42 Å². The number of benzene rings is 1. The zero-order valence-corrected chi connectivity index (χ0v) is 12.8. The molecule has 5 nitrogen and oxygen atoms in total. The van der Waals surface area contributed by atoms with Crippen LogP contribution in [-0.2, 0) is 10.0 Å². The van der Waals surface area contributed by atoms with Gasteiger partial charge in [0.15, 0.2) is 0 Å². The molecule has 0 aliphatic rings. The molecule has 0 amide bonds. The third-order valence-electron chi connectivity index (χ3n) is 2.96. The highest BCUT2D eigenvalue weighted by atomic mass is 35.5. The predicted octanol–water partition coefficient (Wildman–Crippen LogP) is 1.26. The normalized spacial score (nSPS) is 12.6. The van der Waals surface area contributed by atoms with Gasteiger partial charge < -0.3 is 5.73 Å². The summed E-state index contributed by atoms with van der Waals surface area (Å²) in [5.74, 6) is 0. The molecule has 0 bridgehead atoms. The van der Waals surface area contributed by atoms with Crippen molar-refractivity contribution >= 4 is 22.4 Å². The molecule has 1 aromatic carbocycles. The summed E-state index contributed by atoms with van der Waals surface area (Å²) in [4.78, 5) is 0.182. The van der Waals surface area contributed by atoms with Crippen LogP contribution in [-0.4, -0.2) is 32.4 Å². The number of aryl methyl sites for hydroxylation is 1. The molecule has 1 atom stereocenters. The number of hydrogen-bond donors (Lipinski definition) is 1. The highest BCUT2D eigenvalue weighted by Gasteiger charge is 2.24. The summed E-state index contributed by atoms with van der Waals surface area (Å²) in [5.41, 5.74) is 6.60. The lowest BCUT2D eigenvalue weighted by Crippen LogP contribution is -2.39. The zero-order valence-electron chi connectivity index (χ0n) is 11.1. The second-order valence-electron chi connectivity index (χ2n) is 4.19. The molecule has 0 heterocycles. The van der Waals surface area contributed by atoms with E-state index in [0.29, 0.717) is 11.1 Å². The van der Waals surface area contributed by atoms with Crippen molar-refractivity contribution in [2.75, 3.05) is 13.6 Å². The standard InChI is InChI=1S/C12H17N3O2S.ClH/c1-9-6-12(5-4-11(9)8-14)18(16,17)15(3)10(2)7-13;/h4-6,10H,7,13H2,1-3H3;1H. The van der Waals surface area contributed by atoms with Gasteiger partial charge in [-0.3, -0.25) is 0 Å². The number of nitrogens with two attached hydrogens (primary N) is 1. The van der Waals surface area contributed by atoms with Crippen LogP contribution in [0.15, 0.2) is 23.1 Å². The summed E-state index contributed by atoms with van der Waals surface area (Å²) in [6.45, 7) is 3.71. The molecule has 0 saturated heterocycles. The van der Waals surface area contributed by atoms with E-state index in [9.17, 15) is 8.42 Å². The minimum Gasteiger partial charge on any atom is -0.329 e. The van der Waals surface area contributed by atoms with Gasteiger partial charge in [-0.25, -0.2) is 8.42 Å². The number of nitrogens with zero attached hydrogens (tertiary/aromatic N) is 2. The molecule has 1 unspecified atom stereocenters. The highest BCUT2D eigenvalue weighted by molar-refractivity contribution is 7.89. The largest absolute Gasteiger partial charge is 0.329 e. The van der Waals surface area contributed by atoms with Gasteiger partial charge in [0, 0.05) is 19.6 Å². The Bertz CT molecular complexity index is 581. The second-order valence-corrected chi connectivity index (χ2v) is 6.19. The van der Waals surface area contributed by atoms with Crippen molar-refractivity contribution in [2.24, 2.45) is 5.73 Å². The van der Waals surface area contributed by atoms with Gasteiger partial charge >= 0.3 is 0 Å². The molecule has 0 aromatic heterocycles. The fourth-order valence-electron chi connectivity index (χ4n) is 1.47. The highest BCUT2D eigenvalue weighted by Crippen LogP contribution is 2.19. The Hall–Kier alpha value is -1.13. The third kappa shape index (κ3) is 3.67. The Balaban J connectivity index is 0.00000324. The topological polar surface area (TPSA) is 87.2 Å². The average molecular weight is 304 g/mol. The molecule has 0 fully saturated rings. The van der Waals surface area contributed by atoms with Gasteiger partial charge in [0.1, 0.15) is 0 Å². The molecule has 1 aromatic rings. The first-order chi connectivity index (χ1) is 8.34. The summed E-state index contributed by atoms with van der Waals surface area (Å²) in [5, 5.41) is 8.82. The molecular weight excluding hydrogens is 286 g/mol. The van der Waals surface area contributed by atoms with E-state index in [-0.39, 0.29) is 29.9 Å². The molecule has 0 aliphatic carbocycles. The summed E-state index contributed by atoms with van der Waals surface area (Å²) in [7, 11) is -2.05. The number of sulfonamides is 1. The van der Waals surface area contributed by atoms with E-state index in [1.165, 1.54) is 29.6 Å². The van der Waals surface area contributed by atoms with Crippen LogP contribution in [0.4, 0.5) is 0 Å². The molecule has 1 rings (SSSR count). The molecule has 0 spiro atoms. The van der Waals surface area contributed by atoms with Crippen LogP contribution in [0.3, 0.4) is 0 Å². The third-order valence-corrected chi connectivity index (χ3v) is 4.92. The van der Waals surface area contributed by atoms with Gasteiger partial charge in [0.05, 0.1) is 16.5 Å². The van der Waals surface area contributed by atoms with Crippen LogP contribution in [0.25, 0.3) is 0 Å². The first-order valence-electron chi connectivity index (χ1n) is 5.53. The lowest BCUT2D eigenvalue weighted by atomic mass is 10.1. The number of halogens is 1. The van der Waals surface area contributed by atoms with Crippen molar-refractivity contribution in [1.29, 1.82) is 5.26 Å². The fraction of sp³-hybridized carbons (Fsp3) is 0.417. The van der Waals surface area contributed by atoms with E-state index in [2.05, 4.69) is 0 Å². The van der Waals surface area contributed by atoms with Gasteiger partial charge in [-0.1, -0.05) is 0 Å². The molecule has 0 saturated carbocycles. The maximum absolute atomic E-state index is 12.3. The van der Waals surface area contributed by atoms with Crippen LogP contribution >= 0.6 is 12.4 Å². The first-order valence-corrected chi connectivity index (χ1v) is 6.97. The van der Waals surface area contributed by atoms with E-state index < -0.39 is 10.0 Å². The van der Waals surface area contributed by atoms with E-state index >= 15 is 0 Å². The van der Waals surface area contributed by atoms with Gasteiger partial charge in [-0.2, -0.15) is 9.57 Å². The van der Waals surface area contributed by atoms with Crippen LogP contribution in [0.1, 0.15) is 18.1 Å². The first kappa shape index (κ1) is 17.9. The Kier molecular flexibility index (Phi) is 6.46. The number of likely N-dealkylation sites (N-methyl/N-ethyl adjacent to an activating group) is 1. The predicted molar refractivity (Wildman–Crippen MR) is 76.6 cm³/mol.